The number of fused-ring (bicyclic) bond motifs is 1. The quantitative estimate of drug-likeness (QED) is 0.870. The van der Waals surface area contributed by atoms with Crippen LogP contribution in [0.3, 0.4) is 0 Å². The summed E-state index contributed by atoms with van der Waals surface area (Å²) in [5.74, 6) is 1.73. The van der Waals surface area contributed by atoms with E-state index in [-0.39, 0.29) is 5.92 Å². The van der Waals surface area contributed by atoms with Gasteiger partial charge in [-0.25, -0.2) is 0 Å². The van der Waals surface area contributed by atoms with Gasteiger partial charge in [-0.3, -0.25) is 4.79 Å². The lowest BCUT2D eigenvalue weighted by Gasteiger charge is -2.29. The van der Waals surface area contributed by atoms with Gasteiger partial charge in [-0.15, -0.1) is 0 Å². The molecule has 1 fully saturated rings. The van der Waals surface area contributed by atoms with Crippen LogP contribution in [0.25, 0.3) is 0 Å². The minimum atomic E-state index is 0.161. The molecule has 2 aliphatic rings. The van der Waals surface area contributed by atoms with E-state index in [0.29, 0.717) is 11.8 Å². The minimum absolute atomic E-state index is 0.161. The molecule has 2 aromatic rings. The van der Waals surface area contributed by atoms with Gasteiger partial charge < -0.3 is 9.64 Å². The monoisotopic (exact) mass is 307 g/mol. The second-order valence-electron chi connectivity index (χ2n) is 6.50. The number of benzene rings is 2. The number of rotatable bonds is 3. The molecular formula is C20H21NO2. The molecule has 0 spiro atoms. The minimum Gasteiger partial charge on any atom is -0.497 e. The molecule has 1 aliphatic carbocycles. The summed E-state index contributed by atoms with van der Waals surface area (Å²) in [6.07, 6.45) is 1.95. The Balaban J connectivity index is 1.43. The van der Waals surface area contributed by atoms with Crippen molar-refractivity contribution in [3.8, 4) is 5.75 Å². The Labute approximate surface area is 136 Å². The summed E-state index contributed by atoms with van der Waals surface area (Å²) in [5, 5.41) is 0. The first-order valence-corrected chi connectivity index (χ1v) is 8.26. The molecule has 1 amide bonds. The molecule has 1 heterocycles. The topological polar surface area (TPSA) is 29.5 Å². The van der Waals surface area contributed by atoms with Gasteiger partial charge in [0.25, 0.3) is 0 Å². The van der Waals surface area contributed by atoms with E-state index in [1.54, 1.807) is 7.11 Å². The van der Waals surface area contributed by atoms with Gasteiger partial charge in [-0.2, -0.15) is 0 Å². The molecule has 0 bridgehead atoms. The van der Waals surface area contributed by atoms with E-state index >= 15 is 0 Å². The van der Waals surface area contributed by atoms with Gasteiger partial charge in [0.2, 0.25) is 5.91 Å². The number of methoxy groups -OCH3 is 1. The van der Waals surface area contributed by atoms with Crippen molar-refractivity contribution in [1.82, 2.24) is 4.90 Å². The third-order valence-electron chi connectivity index (χ3n) is 5.09. The van der Waals surface area contributed by atoms with E-state index < -0.39 is 0 Å². The molecular weight excluding hydrogens is 286 g/mol. The van der Waals surface area contributed by atoms with E-state index in [1.807, 2.05) is 17.0 Å². The van der Waals surface area contributed by atoms with Crippen LogP contribution in [0.5, 0.6) is 5.75 Å². The van der Waals surface area contributed by atoms with E-state index in [1.165, 1.54) is 16.7 Å². The van der Waals surface area contributed by atoms with Gasteiger partial charge in [-0.1, -0.05) is 36.4 Å². The number of hydrogen-bond donors (Lipinski definition) is 0. The molecule has 1 aliphatic heterocycles. The van der Waals surface area contributed by atoms with E-state index in [4.69, 9.17) is 4.74 Å². The van der Waals surface area contributed by atoms with Crippen LogP contribution in [-0.2, 0) is 17.8 Å². The number of carbonyl (C=O) groups is 1. The van der Waals surface area contributed by atoms with Crippen molar-refractivity contribution in [2.75, 3.05) is 13.7 Å². The molecule has 3 heteroatoms. The third-order valence-corrected chi connectivity index (χ3v) is 5.09. The molecule has 0 saturated heterocycles. The van der Waals surface area contributed by atoms with E-state index in [9.17, 15) is 4.79 Å². The largest absolute Gasteiger partial charge is 0.497 e. The molecule has 2 aromatic carbocycles. The highest BCUT2D eigenvalue weighted by molar-refractivity contribution is 5.83. The molecule has 0 N–H and O–H groups in total. The molecule has 0 aromatic heterocycles. The Morgan fingerprint density at radius 2 is 1.83 bits per heavy atom. The lowest BCUT2D eigenvalue weighted by Crippen LogP contribution is -2.37. The van der Waals surface area contributed by atoms with Crippen molar-refractivity contribution in [2.45, 2.75) is 25.3 Å². The second-order valence-corrected chi connectivity index (χ2v) is 6.50. The maximum Gasteiger partial charge on any atom is 0.226 e. The van der Waals surface area contributed by atoms with Crippen LogP contribution in [0.4, 0.5) is 0 Å². The fourth-order valence-corrected chi connectivity index (χ4v) is 3.61. The Kier molecular flexibility index (Phi) is 3.56. The summed E-state index contributed by atoms with van der Waals surface area (Å²) < 4.78 is 5.20. The zero-order chi connectivity index (χ0) is 15.8. The van der Waals surface area contributed by atoms with Crippen LogP contribution < -0.4 is 4.74 Å². The fourth-order valence-electron chi connectivity index (χ4n) is 3.61. The lowest BCUT2D eigenvalue weighted by atomic mass is 9.99. The third kappa shape index (κ3) is 2.72. The van der Waals surface area contributed by atoms with E-state index in [0.717, 1.165) is 31.7 Å². The molecule has 23 heavy (non-hydrogen) atoms. The Morgan fingerprint density at radius 3 is 2.57 bits per heavy atom. The number of ether oxygens (including phenoxy) is 1. The highest BCUT2D eigenvalue weighted by Crippen LogP contribution is 2.49. The van der Waals surface area contributed by atoms with Gasteiger partial charge in [0.05, 0.1) is 7.11 Å². The average Bonchev–Trinajstić information content (AvgIpc) is 3.41. The Morgan fingerprint density at radius 1 is 1.09 bits per heavy atom. The Bertz CT molecular complexity index is 723. The van der Waals surface area contributed by atoms with Crippen LogP contribution >= 0.6 is 0 Å². The van der Waals surface area contributed by atoms with Gasteiger partial charge in [0.15, 0.2) is 0 Å². The molecule has 1 saturated carbocycles. The molecule has 2 atom stereocenters. The van der Waals surface area contributed by atoms with Crippen LogP contribution in [-0.4, -0.2) is 24.5 Å². The van der Waals surface area contributed by atoms with Crippen LogP contribution in [0, 0.1) is 5.92 Å². The molecule has 3 nitrogen and oxygen atoms in total. The maximum absolute atomic E-state index is 12.8. The van der Waals surface area contributed by atoms with Crippen molar-refractivity contribution in [2.24, 2.45) is 5.92 Å². The van der Waals surface area contributed by atoms with Gasteiger partial charge >= 0.3 is 0 Å². The standard InChI is InChI=1S/C20H21NO2/c1-23-17-8-6-15(7-9-17)18-12-19(18)20(22)21-11-10-14-4-2-3-5-16(14)13-21/h2-9,18-19H,10-13H2,1H3. The first-order valence-electron chi connectivity index (χ1n) is 8.26. The maximum atomic E-state index is 12.8. The summed E-state index contributed by atoms with van der Waals surface area (Å²) in [4.78, 5) is 14.8. The molecule has 0 radical (unpaired) electrons. The van der Waals surface area contributed by atoms with Gasteiger partial charge in [-0.05, 0) is 47.6 Å². The first-order chi connectivity index (χ1) is 11.3. The van der Waals surface area contributed by atoms with Crippen molar-refractivity contribution in [3.63, 3.8) is 0 Å². The summed E-state index contributed by atoms with van der Waals surface area (Å²) in [6.45, 7) is 1.61. The van der Waals surface area contributed by atoms with Crippen molar-refractivity contribution in [1.29, 1.82) is 0 Å². The molecule has 2 unspecified atom stereocenters. The lowest BCUT2D eigenvalue weighted by molar-refractivity contribution is -0.133. The normalized spacial score (nSPS) is 22.4. The zero-order valence-corrected chi connectivity index (χ0v) is 13.4. The van der Waals surface area contributed by atoms with Crippen molar-refractivity contribution >= 4 is 5.91 Å². The predicted octanol–water partition coefficient (Wildman–Crippen LogP) is 3.38. The predicted molar refractivity (Wildman–Crippen MR) is 89.4 cm³/mol. The number of hydrogen-bond acceptors (Lipinski definition) is 2. The Hall–Kier alpha value is -2.29. The van der Waals surface area contributed by atoms with Crippen molar-refractivity contribution < 1.29 is 9.53 Å². The SMILES string of the molecule is COc1ccc(C2CC2C(=O)N2CCc3ccccc3C2)cc1. The zero-order valence-electron chi connectivity index (χ0n) is 13.4. The van der Waals surface area contributed by atoms with Crippen LogP contribution in [0.1, 0.15) is 29.0 Å². The number of amides is 1. The summed E-state index contributed by atoms with van der Waals surface area (Å²) in [7, 11) is 1.67. The molecule has 4 rings (SSSR count). The summed E-state index contributed by atoms with van der Waals surface area (Å²) in [5.41, 5.74) is 3.94. The fraction of sp³-hybridized carbons (Fsp3) is 0.350. The van der Waals surface area contributed by atoms with Crippen molar-refractivity contribution in [3.05, 3.63) is 65.2 Å². The van der Waals surface area contributed by atoms with E-state index in [2.05, 4.69) is 36.4 Å². The summed E-state index contributed by atoms with van der Waals surface area (Å²) in [6, 6.07) is 16.6. The summed E-state index contributed by atoms with van der Waals surface area (Å²) >= 11 is 0. The van der Waals surface area contributed by atoms with Gasteiger partial charge in [0, 0.05) is 19.0 Å². The highest BCUT2D eigenvalue weighted by atomic mass is 16.5. The highest BCUT2D eigenvalue weighted by Gasteiger charge is 2.46. The van der Waals surface area contributed by atoms with Crippen LogP contribution in [0.15, 0.2) is 48.5 Å². The number of carbonyl (C=O) groups excluding carboxylic acids is 1. The van der Waals surface area contributed by atoms with Crippen LogP contribution in [0.2, 0.25) is 0 Å². The number of nitrogens with zero attached hydrogens (tertiary/aromatic N) is 1. The first kappa shape index (κ1) is 14.3. The molecule has 118 valence electrons. The average molecular weight is 307 g/mol. The second kappa shape index (κ2) is 5.73. The smallest absolute Gasteiger partial charge is 0.226 e. The van der Waals surface area contributed by atoms with Gasteiger partial charge in [0.1, 0.15) is 5.75 Å².